The summed E-state index contributed by atoms with van der Waals surface area (Å²) in [6.45, 7) is 1.36. The highest BCUT2D eigenvalue weighted by Crippen LogP contribution is 2.60. The van der Waals surface area contributed by atoms with E-state index in [1.54, 1.807) is 40.7 Å². The molecule has 4 aliphatic carbocycles. The largest absolute Gasteiger partial charge is 0.326 e. The van der Waals surface area contributed by atoms with Crippen molar-refractivity contribution in [2.24, 2.45) is 29.1 Å². The Balaban J connectivity index is 1.07. The summed E-state index contributed by atoms with van der Waals surface area (Å²) in [5.74, 6) is 2.37. The number of rotatable bonds is 4. The lowest BCUT2D eigenvalue weighted by Gasteiger charge is -2.55. The van der Waals surface area contributed by atoms with Crippen LogP contribution in [0.25, 0.3) is 0 Å². The molecule has 7 nitrogen and oxygen atoms in total. The summed E-state index contributed by atoms with van der Waals surface area (Å²) in [7, 11) is -3.67. The lowest BCUT2D eigenvalue weighted by Crippen LogP contribution is -2.51. The molecule has 2 atom stereocenters. The molecule has 1 aromatic carbocycles. The van der Waals surface area contributed by atoms with Crippen LogP contribution in [-0.4, -0.2) is 36.3 Å². The smallest absolute Gasteiger partial charge is 0.250 e. The number of hydrogen-bond acceptors (Lipinski definition) is 4. The molecule has 0 spiro atoms. The summed E-state index contributed by atoms with van der Waals surface area (Å²) >= 11 is 0. The molecule has 36 heavy (non-hydrogen) atoms. The van der Waals surface area contributed by atoms with E-state index in [1.165, 1.54) is 19.3 Å². The zero-order valence-electron chi connectivity index (χ0n) is 20.4. The fourth-order valence-electron chi connectivity index (χ4n) is 8.56. The molecule has 0 unspecified atom stereocenters. The third-order valence-corrected chi connectivity index (χ3v) is 11.6. The van der Waals surface area contributed by atoms with Crippen LogP contribution in [0.3, 0.4) is 0 Å². The van der Waals surface area contributed by atoms with Crippen LogP contribution in [0.5, 0.6) is 0 Å². The van der Waals surface area contributed by atoms with E-state index in [1.807, 2.05) is 10.6 Å². The second-order valence-corrected chi connectivity index (χ2v) is 14.1. The fraction of sp³-hybridized carbons (Fsp3) is 0.571. The summed E-state index contributed by atoms with van der Waals surface area (Å²) < 4.78 is 30.4. The van der Waals surface area contributed by atoms with E-state index in [2.05, 4.69) is 5.32 Å². The Morgan fingerprint density at radius 3 is 2.17 bits per heavy atom. The van der Waals surface area contributed by atoms with Gasteiger partial charge in [0.1, 0.15) is 0 Å². The second-order valence-electron chi connectivity index (χ2n) is 12.2. The molecule has 6 aliphatic rings. The molecule has 2 aromatic rings. The first-order valence-electron chi connectivity index (χ1n) is 13.4. The molecule has 6 bridgehead atoms. The predicted octanol–water partition coefficient (Wildman–Crippen LogP) is 3.81. The Morgan fingerprint density at radius 1 is 0.833 bits per heavy atom. The first-order valence-corrected chi connectivity index (χ1v) is 14.8. The van der Waals surface area contributed by atoms with Crippen LogP contribution >= 0.6 is 0 Å². The number of carbonyl (C=O) groups is 1. The summed E-state index contributed by atoms with van der Waals surface area (Å²) in [4.78, 5) is 25.9. The maximum Gasteiger partial charge on any atom is 0.250 e. The zero-order valence-corrected chi connectivity index (χ0v) is 21.3. The minimum absolute atomic E-state index is 0.00955. The molecule has 0 radical (unpaired) electrons. The zero-order chi connectivity index (χ0) is 24.7. The van der Waals surface area contributed by atoms with Gasteiger partial charge in [-0.05, 0) is 98.9 Å². The number of fused-ring (bicyclic) bond motifs is 4. The molecule has 1 aromatic heterocycles. The Hall–Kier alpha value is -2.45. The molecule has 1 N–H and O–H groups in total. The van der Waals surface area contributed by atoms with E-state index in [0.29, 0.717) is 43.1 Å². The number of sulfonamides is 1. The standard InChI is InChI=1S/C28H33N3O4S/c32-26-3-1-2-25-22-11-21(16-31(25)26)15-30(17-22)36(34,35)24-6-4-23(5-7-24)29-27(33)28-12-18-8-19(13-28)10-20(9-18)14-28/h1-7,18-22H,8-17H2,(H,29,33)/t18?,19?,20?,21-,22-,28?/m1/s1. The van der Waals surface area contributed by atoms with Crippen molar-refractivity contribution >= 4 is 21.6 Å². The van der Waals surface area contributed by atoms with Gasteiger partial charge in [-0.1, -0.05) is 6.07 Å². The Labute approximate surface area is 211 Å². The normalized spacial score (nSPS) is 34.8. The highest BCUT2D eigenvalue weighted by molar-refractivity contribution is 7.89. The Morgan fingerprint density at radius 2 is 1.50 bits per heavy atom. The maximum absolute atomic E-state index is 13.5. The van der Waals surface area contributed by atoms with Crippen molar-refractivity contribution in [2.45, 2.75) is 62.3 Å². The van der Waals surface area contributed by atoms with Crippen LogP contribution in [0.1, 0.15) is 56.6 Å². The topological polar surface area (TPSA) is 88.5 Å². The molecule has 4 saturated carbocycles. The number of carbonyl (C=O) groups excluding carboxylic acids is 1. The minimum Gasteiger partial charge on any atom is -0.326 e. The molecular formula is C28H33N3O4S. The molecular weight excluding hydrogens is 474 g/mol. The van der Waals surface area contributed by atoms with Crippen LogP contribution in [0.2, 0.25) is 0 Å². The van der Waals surface area contributed by atoms with Crippen LogP contribution in [0.15, 0.2) is 52.2 Å². The van der Waals surface area contributed by atoms with Gasteiger partial charge in [-0.2, -0.15) is 4.31 Å². The number of nitrogens with one attached hydrogen (secondary N) is 1. The molecule has 190 valence electrons. The average molecular weight is 508 g/mol. The number of anilines is 1. The molecule has 1 saturated heterocycles. The van der Waals surface area contributed by atoms with Crippen LogP contribution in [0.4, 0.5) is 5.69 Å². The van der Waals surface area contributed by atoms with Crippen molar-refractivity contribution in [1.82, 2.24) is 8.87 Å². The van der Waals surface area contributed by atoms with Gasteiger partial charge in [-0.3, -0.25) is 9.59 Å². The van der Waals surface area contributed by atoms with Crippen molar-refractivity contribution in [1.29, 1.82) is 0 Å². The molecule has 8 rings (SSSR count). The molecule has 8 heteroatoms. The third-order valence-electron chi connectivity index (χ3n) is 9.72. The summed E-state index contributed by atoms with van der Waals surface area (Å²) in [5.41, 5.74) is 1.35. The lowest BCUT2D eigenvalue weighted by molar-refractivity contribution is -0.140. The minimum atomic E-state index is -3.67. The number of pyridine rings is 1. The first-order chi connectivity index (χ1) is 17.3. The number of piperidine rings is 1. The highest BCUT2D eigenvalue weighted by Gasteiger charge is 2.54. The first kappa shape index (κ1) is 22.7. The van der Waals surface area contributed by atoms with Crippen LogP contribution in [0, 0.1) is 29.1 Å². The van der Waals surface area contributed by atoms with Gasteiger partial charge < -0.3 is 9.88 Å². The number of aromatic nitrogens is 1. The third kappa shape index (κ3) is 3.59. The second kappa shape index (κ2) is 8.02. The van der Waals surface area contributed by atoms with E-state index in [0.717, 1.165) is 31.4 Å². The van der Waals surface area contributed by atoms with Crippen LogP contribution < -0.4 is 10.9 Å². The average Bonchev–Trinajstić information content (AvgIpc) is 2.84. The van der Waals surface area contributed by atoms with E-state index in [4.69, 9.17) is 0 Å². The number of benzene rings is 1. The van der Waals surface area contributed by atoms with Gasteiger partial charge in [0, 0.05) is 43.0 Å². The van der Waals surface area contributed by atoms with Crippen molar-refractivity contribution in [3.63, 3.8) is 0 Å². The Bertz CT molecular complexity index is 1340. The number of hydrogen-bond donors (Lipinski definition) is 1. The van der Waals surface area contributed by atoms with E-state index in [9.17, 15) is 18.0 Å². The predicted molar refractivity (Wildman–Crippen MR) is 136 cm³/mol. The fourth-order valence-corrected chi connectivity index (χ4v) is 10.1. The van der Waals surface area contributed by atoms with E-state index < -0.39 is 10.0 Å². The SMILES string of the molecule is O=C(Nc1ccc(S(=O)(=O)N2C[C@H]3C[C@H](C2)c2cccc(=O)n2C3)cc1)C12CC3CC(CC(C3)C1)C2. The van der Waals surface area contributed by atoms with Gasteiger partial charge in [-0.15, -0.1) is 0 Å². The quantitative estimate of drug-likeness (QED) is 0.682. The van der Waals surface area contributed by atoms with E-state index >= 15 is 0 Å². The number of nitrogens with zero attached hydrogens (tertiary/aromatic N) is 2. The molecule has 1 amide bonds. The van der Waals surface area contributed by atoms with Gasteiger partial charge in [0.15, 0.2) is 0 Å². The molecule has 2 aliphatic heterocycles. The van der Waals surface area contributed by atoms with Gasteiger partial charge in [0.05, 0.1) is 10.3 Å². The molecule has 5 fully saturated rings. The van der Waals surface area contributed by atoms with Gasteiger partial charge in [0.25, 0.3) is 5.56 Å². The van der Waals surface area contributed by atoms with Crippen molar-refractivity contribution in [3.8, 4) is 0 Å². The van der Waals surface area contributed by atoms with Crippen molar-refractivity contribution < 1.29 is 13.2 Å². The van der Waals surface area contributed by atoms with E-state index in [-0.39, 0.29) is 33.6 Å². The summed E-state index contributed by atoms with van der Waals surface area (Å²) in [6.07, 6.45) is 7.79. The molecule has 3 heterocycles. The Kier molecular flexibility index (Phi) is 5.06. The summed E-state index contributed by atoms with van der Waals surface area (Å²) in [5, 5.41) is 3.13. The van der Waals surface area contributed by atoms with Gasteiger partial charge in [0.2, 0.25) is 15.9 Å². The van der Waals surface area contributed by atoms with Crippen LogP contribution in [-0.2, 0) is 21.4 Å². The van der Waals surface area contributed by atoms with Gasteiger partial charge >= 0.3 is 0 Å². The highest BCUT2D eigenvalue weighted by atomic mass is 32.2. The maximum atomic E-state index is 13.5. The number of amides is 1. The lowest BCUT2D eigenvalue weighted by atomic mass is 9.49. The monoisotopic (exact) mass is 507 g/mol. The van der Waals surface area contributed by atoms with Crippen molar-refractivity contribution in [2.75, 3.05) is 18.4 Å². The summed E-state index contributed by atoms with van der Waals surface area (Å²) in [6, 6.07) is 12.0. The van der Waals surface area contributed by atoms with Gasteiger partial charge in [-0.25, -0.2) is 8.42 Å². The van der Waals surface area contributed by atoms with Crippen molar-refractivity contribution in [3.05, 3.63) is 58.5 Å².